The van der Waals surface area contributed by atoms with E-state index in [0.29, 0.717) is 23.4 Å². The summed E-state index contributed by atoms with van der Waals surface area (Å²) in [4.78, 5) is 38.5. The fourth-order valence-electron chi connectivity index (χ4n) is 4.32. The molecule has 2 saturated carbocycles. The third kappa shape index (κ3) is 3.88. The highest BCUT2D eigenvalue weighted by Crippen LogP contribution is 2.40. The number of carbonyl (C=O) groups excluding carboxylic acids is 2. The summed E-state index contributed by atoms with van der Waals surface area (Å²) in [5.41, 5.74) is 1.70. The largest absolute Gasteiger partial charge is 0.481 e. The molecule has 3 N–H and O–H groups in total. The second-order valence-corrected chi connectivity index (χ2v) is 9.09. The molecular weight excluding hydrogens is 364 g/mol. The number of hydrogen-bond donors (Lipinski definition) is 3. The minimum atomic E-state index is -0.896. The van der Waals surface area contributed by atoms with Crippen molar-refractivity contribution in [3.63, 3.8) is 0 Å². The van der Waals surface area contributed by atoms with Gasteiger partial charge in [-0.25, -0.2) is 0 Å². The van der Waals surface area contributed by atoms with E-state index >= 15 is 0 Å². The van der Waals surface area contributed by atoms with E-state index in [4.69, 9.17) is 0 Å². The fraction of sp³-hybridized carbons (Fsp3) is 0.650. The molecule has 0 unspecified atom stereocenters. The van der Waals surface area contributed by atoms with Crippen LogP contribution in [0.3, 0.4) is 0 Å². The van der Waals surface area contributed by atoms with Gasteiger partial charge in [0.25, 0.3) is 5.91 Å². The van der Waals surface area contributed by atoms with Gasteiger partial charge < -0.3 is 15.7 Å². The zero-order valence-electron chi connectivity index (χ0n) is 15.4. The molecule has 146 valence electrons. The number of carboxylic acid groups (broad SMARTS) is 1. The van der Waals surface area contributed by atoms with Crippen LogP contribution in [-0.2, 0) is 22.4 Å². The van der Waals surface area contributed by atoms with Gasteiger partial charge in [-0.2, -0.15) is 0 Å². The third-order valence-electron chi connectivity index (χ3n) is 5.97. The first-order valence-electron chi connectivity index (χ1n) is 10.0. The van der Waals surface area contributed by atoms with Crippen LogP contribution in [-0.4, -0.2) is 28.9 Å². The zero-order valence-corrected chi connectivity index (χ0v) is 16.2. The topological polar surface area (TPSA) is 95.5 Å². The number of fused-ring (bicyclic) bond motifs is 1. The predicted molar refractivity (Wildman–Crippen MR) is 103 cm³/mol. The summed E-state index contributed by atoms with van der Waals surface area (Å²) in [7, 11) is 0. The van der Waals surface area contributed by atoms with Gasteiger partial charge in [-0.15, -0.1) is 11.3 Å². The number of nitrogens with one attached hydrogen (secondary N) is 2. The van der Waals surface area contributed by atoms with Crippen molar-refractivity contribution in [1.82, 2.24) is 5.32 Å². The van der Waals surface area contributed by atoms with Crippen molar-refractivity contribution < 1.29 is 19.5 Å². The van der Waals surface area contributed by atoms with Crippen LogP contribution in [0.25, 0.3) is 0 Å². The van der Waals surface area contributed by atoms with Crippen LogP contribution in [0.15, 0.2) is 0 Å². The smallest absolute Gasteiger partial charge is 0.307 e. The van der Waals surface area contributed by atoms with Gasteiger partial charge >= 0.3 is 5.97 Å². The lowest BCUT2D eigenvalue weighted by Gasteiger charge is -2.27. The van der Waals surface area contributed by atoms with Crippen LogP contribution in [0.2, 0.25) is 0 Å². The molecule has 2 amide bonds. The molecule has 3 aliphatic carbocycles. The third-order valence-corrected chi connectivity index (χ3v) is 7.17. The summed E-state index contributed by atoms with van der Waals surface area (Å²) in [5.74, 6) is -2.38. The Labute approximate surface area is 162 Å². The quantitative estimate of drug-likeness (QED) is 0.718. The molecule has 6 nitrogen and oxygen atoms in total. The molecule has 0 spiro atoms. The minimum absolute atomic E-state index is 0.0920. The molecule has 2 fully saturated rings. The number of aliphatic carboxylic acids is 1. The van der Waals surface area contributed by atoms with Crippen molar-refractivity contribution in [3.8, 4) is 0 Å². The lowest BCUT2D eigenvalue weighted by molar-refractivity contribution is -0.147. The van der Waals surface area contributed by atoms with E-state index in [1.54, 1.807) is 0 Å². The highest BCUT2D eigenvalue weighted by molar-refractivity contribution is 7.17. The summed E-state index contributed by atoms with van der Waals surface area (Å²) >= 11 is 1.50. The lowest BCUT2D eigenvalue weighted by Crippen LogP contribution is -2.36. The molecule has 4 rings (SSSR count). The Morgan fingerprint density at radius 3 is 2.33 bits per heavy atom. The lowest BCUT2D eigenvalue weighted by atomic mass is 9.78. The summed E-state index contributed by atoms with van der Waals surface area (Å²) in [6.07, 6.45) is 8.88. The Morgan fingerprint density at radius 1 is 0.926 bits per heavy atom. The Balaban J connectivity index is 1.58. The monoisotopic (exact) mass is 390 g/mol. The van der Waals surface area contributed by atoms with Gasteiger partial charge in [0.15, 0.2) is 0 Å². The highest BCUT2D eigenvalue weighted by atomic mass is 32.1. The minimum Gasteiger partial charge on any atom is -0.481 e. The first-order valence-corrected chi connectivity index (χ1v) is 10.9. The molecule has 0 radical (unpaired) electrons. The van der Waals surface area contributed by atoms with Crippen LogP contribution in [0.5, 0.6) is 0 Å². The molecule has 0 aliphatic heterocycles. The number of carbonyl (C=O) groups is 3. The maximum atomic E-state index is 12.9. The van der Waals surface area contributed by atoms with Gasteiger partial charge in [0.05, 0.1) is 17.4 Å². The molecule has 7 heteroatoms. The van der Waals surface area contributed by atoms with Crippen molar-refractivity contribution in [1.29, 1.82) is 0 Å². The summed E-state index contributed by atoms with van der Waals surface area (Å²) in [6, 6.07) is 0.259. The van der Waals surface area contributed by atoms with Crippen LogP contribution < -0.4 is 10.6 Å². The van der Waals surface area contributed by atoms with E-state index in [1.165, 1.54) is 16.2 Å². The van der Waals surface area contributed by atoms with Crippen molar-refractivity contribution in [3.05, 3.63) is 16.0 Å². The number of aryl methyl sites for hydroxylation is 1. The SMILES string of the molecule is O=C(NC1CC1)c1c(NC(=O)[C@H]2CCCC[C@H]2C(=O)O)sc2c1CCCC2. The van der Waals surface area contributed by atoms with E-state index in [2.05, 4.69) is 10.6 Å². The first-order chi connectivity index (χ1) is 13.0. The van der Waals surface area contributed by atoms with E-state index in [-0.39, 0.29) is 17.9 Å². The zero-order chi connectivity index (χ0) is 19.0. The summed E-state index contributed by atoms with van der Waals surface area (Å²) < 4.78 is 0. The maximum absolute atomic E-state index is 12.9. The molecule has 1 aromatic rings. The van der Waals surface area contributed by atoms with Gasteiger partial charge in [0.1, 0.15) is 5.00 Å². The number of thiophene rings is 1. The summed E-state index contributed by atoms with van der Waals surface area (Å²) in [5, 5.41) is 16.1. The number of rotatable bonds is 5. The molecule has 2 atom stereocenters. The van der Waals surface area contributed by atoms with E-state index in [0.717, 1.165) is 56.9 Å². The van der Waals surface area contributed by atoms with Crippen molar-refractivity contribution >= 4 is 34.1 Å². The Kier molecular flexibility index (Phi) is 5.21. The van der Waals surface area contributed by atoms with Crippen LogP contribution in [0.1, 0.15) is 72.2 Å². The predicted octanol–water partition coefficient (Wildman–Crippen LogP) is 3.35. The van der Waals surface area contributed by atoms with Gasteiger partial charge in [-0.05, 0) is 56.9 Å². The second kappa shape index (κ2) is 7.62. The standard InChI is InChI=1S/C20H26N2O4S/c23-17(12-5-1-2-6-13(12)20(25)26)22-19-16(18(24)21-11-9-10-11)14-7-3-4-8-15(14)27-19/h11-13H,1-10H2,(H,21,24)(H,22,23)(H,25,26)/t12-,13+/m0/s1. The van der Waals surface area contributed by atoms with Gasteiger partial charge in [0, 0.05) is 10.9 Å². The van der Waals surface area contributed by atoms with E-state index in [9.17, 15) is 19.5 Å². The van der Waals surface area contributed by atoms with E-state index < -0.39 is 17.8 Å². The van der Waals surface area contributed by atoms with Crippen LogP contribution in [0.4, 0.5) is 5.00 Å². The molecule has 1 aromatic heterocycles. The molecule has 0 bridgehead atoms. The molecule has 0 aromatic carbocycles. The molecule has 3 aliphatic rings. The molecule has 27 heavy (non-hydrogen) atoms. The second-order valence-electron chi connectivity index (χ2n) is 7.99. The fourth-order valence-corrected chi connectivity index (χ4v) is 5.61. The average Bonchev–Trinajstić information content (AvgIpc) is 3.39. The maximum Gasteiger partial charge on any atom is 0.307 e. The Morgan fingerprint density at radius 2 is 1.63 bits per heavy atom. The van der Waals surface area contributed by atoms with Crippen molar-refractivity contribution in [2.24, 2.45) is 11.8 Å². The average molecular weight is 391 g/mol. The van der Waals surface area contributed by atoms with Gasteiger partial charge in [0.2, 0.25) is 5.91 Å². The number of hydrogen-bond acceptors (Lipinski definition) is 4. The highest BCUT2D eigenvalue weighted by Gasteiger charge is 2.37. The molecule has 0 saturated heterocycles. The normalized spacial score (nSPS) is 24.7. The Hall–Kier alpha value is -1.89. The number of amides is 2. The summed E-state index contributed by atoms with van der Waals surface area (Å²) in [6.45, 7) is 0. The van der Waals surface area contributed by atoms with Crippen molar-refractivity contribution in [2.75, 3.05) is 5.32 Å². The van der Waals surface area contributed by atoms with Gasteiger partial charge in [-0.3, -0.25) is 14.4 Å². The van der Waals surface area contributed by atoms with Gasteiger partial charge in [-0.1, -0.05) is 12.8 Å². The van der Waals surface area contributed by atoms with Crippen molar-refractivity contribution in [2.45, 2.75) is 70.3 Å². The van der Waals surface area contributed by atoms with Crippen LogP contribution in [0, 0.1) is 11.8 Å². The van der Waals surface area contributed by atoms with Crippen LogP contribution >= 0.6 is 11.3 Å². The van der Waals surface area contributed by atoms with E-state index in [1.807, 2.05) is 0 Å². The number of anilines is 1. The first kappa shape index (κ1) is 18.5. The number of carboxylic acids is 1. The Bertz CT molecular complexity index is 768. The molecule has 1 heterocycles. The molecular formula is C20H26N2O4S.